The fraction of sp³-hybridized carbons (Fsp3) is 0.476. The van der Waals surface area contributed by atoms with Crippen LogP contribution in [-0.4, -0.2) is 49.7 Å². The number of rotatable bonds is 8. The maximum atomic E-state index is 5.72. The van der Waals surface area contributed by atoms with Gasteiger partial charge in [-0.1, -0.05) is 25.1 Å². The zero-order valence-electron chi connectivity index (χ0n) is 16.4. The number of anilines is 1. The lowest BCUT2D eigenvalue weighted by Crippen LogP contribution is -2.45. The van der Waals surface area contributed by atoms with E-state index in [2.05, 4.69) is 58.3 Å². The number of piperazine rings is 1. The molecule has 1 aromatic carbocycles. The molecule has 0 radical (unpaired) electrons. The van der Waals surface area contributed by atoms with Crippen molar-refractivity contribution in [3.8, 4) is 5.75 Å². The molecule has 0 bridgehead atoms. The molecule has 3 rings (SSSR count). The highest BCUT2D eigenvalue weighted by molar-refractivity contribution is 5.85. The summed E-state index contributed by atoms with van der Waals surface area (Å²) in [5, 5.41) is 3.56. The highest BCUT2D eigenvalue weighted by atomic mass is 35.5. The lowest BCUT2D eigenvalue weighted by Gasteiger charge is -2.34. The van der Waals surface area contributed by atoms with Gasteiger partial charge in [0.15, 0.2) is 0 Å². The lowest BCUT2D eigenvalue weighted by molar-refractivity contribution is 0.311. The van der Waals surface area contributed by atoms with Crippen LogP contribution in [0.2, 0.25) is 0 Å². The molecule has 1 fully saturated rings. The third kappa shape index (κ3) is 6.38. The molecule has 1 aromatic heterocycles. The molecule has 1 aliphatic heterocycles. The first-order chi connectivity index (χ1) is 12.8. The van der Waals surface area contributed by atoms with Crippen molar-refractivity contribution >= 4 is 18.2 Å². The highest BCUT2D eigenvalue weighted by Crippen LogP contribution is 2.19. The quantitative estimate of drug-likeness (QED) is 0.748. The fourth-order valence-corrected chi connectivity index (χ4v) is 3.18. The molecule has 2 aromatic rings. The summed E-state index contributed by atoms with van der Waals surface area (Å²) in [5.74, 6) is 2.07. The minimum absolute atomic E-state index is 0. The summed E-state index contributed by atoms with van der Waals surface area (Å²) in [5.41, 5.74) is 2.50. The van der Waals surface area contributed by atoms with Crippen molar-refractivity contribution in [2.45, 2.75) is 26.4 Å². The zero-order valence-corrected chi connectivity index (χ0v) is 17.2. The average Bonchev–Trinajstić information content (AvgIpc) is 2.68. The van der Waals surface area contributed by atoms with Crippen LogP contribution in [0, 0.1) is 0 Å². The number of aromatic nitrogens is 1. The third-order valence-electron chi connectivity index (χ3n) is 4.69. The molecule has 0 saturated carbocycles. The maximum absolute atomic E-state index is 5.72. The second-order valence-corrected chi connectivity index (χ2v) is 6.88. The van der Waals surface area contributed by atoms with E-state index in [4.69, 9.17) is 4.74 Å². The number of halogens is 1. The number of pyridine rings is 1. The molecule has 0 unspecified atom stereocenters. The maximum Gasteiger partial charge on any atom is 0.133 e. The van der Waals surface area contributed by atoms with E-state index in [0.29, 0.717) is 0 Å². The van der Waals surface area contributed by atoms with Gasteiger partial charge in [0.25, 0.3) is 0 Å². The first kappa shape index (κ1) is 21.5. The Hall–Kier alpha value is -1.82. The highest BCUT2D eigenvalue weighted by Gasteiger charge is 2.17. The summed E-state index contributed by atoms with van der Waals surface area (Å²) >= 11 is 0. The second-order valence-electron chi connectivity index (χ2n) is 6.88. The summed E-state index contributed by atoms with van der Waals surface area (Å²) in [4.78, 5) is 9.41. The number of nitrogens with zero attached hydrogens (tertiary/aromatic N) is 3. The van der Waals surface area contributed by atoms with E-state index in [9.17, 15) is 0 Å². The Kier molecular flexibility index (Phi) is 8.85. The van der Waals surface area contributed by atoms with Gasteiger partial charge in [-0.2, -0.15) is 0 Å². The third-order valence-corrected chi connectivity index (χ3v) is 4.69. The van der Waals surface area contributed by atoms with Crippen molar-refractivity contribution < 1.29 is 4.74 Å². The van der Waals surface area contributed by atoms with E-state index < -0.39 is 0 Å². The van der Waals surface area contributed by atoms with Crippen LogP contribution in [0.15, 0.2) is 42.6 Å². The Morgan fingerprint density at radius 1 is 1.07 bits per heavy atom. The van der Waals surface area contributed by atoms with Gasteiger partial charge in [0, 0.05) is 51.0 Å². The van der Waals surface area contributed by atoms with Crippen LogP contribution < -0.4 is 15.0 Å². The monoisotopic (exact) mass is 390 g/mol. The largest absolute Gasteiger partial charge is 0.494 e. The van der Waals surface area contributed by atoms with Gasteiger partial charge in [-0.3, -0.25) is 0 Å². The summed E-state index contributed by atoms with van der Waals surface area (Å²) in [6.45, 7) is 8.78. The van der Waals surface area contributed by atoms with Crippen LogP contribution in [0.5, 0.6) is 5.75 Å². The molecule has 1 aliphatic rings. The zero-order chi connectivity index (χ0) is 18.2. The van der Waals surface area contributed by atoms with Crippen molar-refractivity contribution in [3.63, 3.8) is 0 Å². The Morgan fingerprint density at radius 3 is 2.67 bits per heavy atom. The van der Waals surface area contributed by atoms with Gasteiger partial charge in [0.05, 0.1) is 6.61 Å². The topological polar surface area (TPSA) is 40.6 Å². The van der Waals surface area contributed by atoms with Crippen LogP contribution in [0.1, 0.15) is 24.5 Å². The van der Waals surface area contributed by atoms with Crippen molar-refractivity contribution in [2.24, 2.45) is 0 Å². The molecule has 6 heteroatoms. The summed E-state index contributed by atoms with van der Waals surface area (Å²) in [6, 6.07) is 12.5. The van der Waals surface area contributed by atoms with Gasteiger partial charge in [-0.25, -0.2) is 4.98 Å². The van der Waals surface area contributed by atoms with Crippen LogP contribution in [-0.2, 0) is 13.1 Å². The van der Waals surface area contributed by atoms with Gasteiger partial charge in [0.1, 0.15) is 11.6 Å². The summed E-state index contributed by atoms with van der Waals surface area (Å²) in [6.07, 6.45) is 2.92. The Labute approximate surface area is 169 Å². The molecule has 0 aliphatic carbocycles. The number of hydrogen-bond donors (Lipinski definition) is 1. The Bertz CT molecular complexity index is 689. The number of benzene rings is 1. The van der Waals surface area contributed by atoms with Gasteiger partial charge in [0.2, 0.25) is 0 Å². The predicted octanol–water partition coefficient (Wildman–Crippen LogP) is 3.33. The van der Waals surface area contributed by atoms with E-state index in [1.165, 1.54) is 11.1 Å². The number of nitrogens with one attached hydrogen (secondary N) is 1. The molecule has 0 atom stereocenters. The number of likely N-dealkylation sites (N-methyl/N-ethyl adjacent to an activating group) is 1. The van der Waals surface area contributed by atoms with Gasteiger partial charge in [-0.05, 0) is 37.2 Å². The Morgan fingerprint density at radius 2 is 1.89 bits per heavy atom. The van der Waals surface area contributed by atoms with Crippen molar-refractivity contribution in [3.05, 3.63) is 53.7 Å². The van der Waals surface area contributed by atoms with Crippen molar-refractivity contribution in [2.75, 3.05) is 44.7 Å². The standard InChI is InChI=1S/C21H30N4O.ClH/c1-3-14-26-20-8-4-6-18(15-20)16-22-17-19-7-5-9-23-21(19)25-12-10-24(2)11-13-25;/h4-9,15,22H,3,10-14,16-17H2,1-2H3;1H. The predicted molar refractivity (Wildman–Crippen MR) is 114 cm³/mol. The molecule has 5 nitrogen and oxygen atoms in total. The van der Waals surface area contributed by atoms with Gasteiger partial charge in [-0.15, -0.1) is 12.4 Å². The van der Waals surface area contributed by atoms with Crippen LogP contribution in [0.3, 0.4) is 0 Å². The lowest BCUT2D eigenvalue weighted by atomic mass is 10.2. The second kappa shape index (κ2) is 11.1. The first-order valence-corrected chi connectivity index (χ1v) is 9.56. The normalized spacial score (nSPS) is 14.7. The fourth-order valence-electron chi connectivity index (χ4n) is 3.18. The SMILES string of the molecule is CCCOc1cccc(CNCc2cccnc2N2CCN(C)CC2)c1.Cl. The van der Waals surface area contributed by atoms with Crippen LogP contribution >= 0.6 is 12.4 Å². The van der Waals surface area contributed by atoms with Crippen molar-refractivity contribution in [1.29, 1.82) is 0 Å². The van der Waals surface area contributed by atoms with Crippen molar-refractivity contribution in [1.82, 2.24) is 15.2 Å². The van der Waals surface area contributed by atoms with E-state index in [1.54, 1.807) is 0 Å². The molecule has 0 spiro atoms. The van der Waals surface area contributed by atoms with E-state index in [1.807, 2.05) is 18.3 Å². The minimum Gasteiger partial charge on any atom is -0.494 e. The van der Waals surface area contributed by atoms with Crippen LogP contribution in [0.4, 0.5) is 5.82 Å². The number of hydrogen-bond acceptors (Lipinski definition) is 5. The molecule has 148 valence electrons. The van der Waals surface area contributed by atoms with Gasteiger partial charge < -0.3 is 19.9 Å². The minimum atomic E-state index is 0. The van der Waals surface area contributed by atoms with Gasteiger partial charge >= 0.3 is 0 Å². The van der Waals surface area contributed by atoms with Crippen LogP contribution in [0.25, 0.3) is 0 Å². The molecule has 27 heavy (non-hydrogen) atoms. The van der Waals surface area contributed by atoms with E-state index >= 15 is 0 Å². The molecule has 1 N–H and O–H groups in total. The average molecular weight is 391 g/mol. The van der Waals surface area contributed by atoms with E-state index in [-0.39, 0.29) is 12.4 Å². The summed E-state index contributed by atoms with van der Waals surface area (Å²) < 4.78 is 5.72. The molecule has 0 amide bonds. The number of ether oxygens (including phenoxy) is 1. The molecular formula is C21H31ClN4O. The molecule has 1 saturated heterocycles. The molecule has 2 heterocycles. The Balaban J connectivity index is 0.00000261. The molecular weight excluding hydrogens is 360 g/mol. The summed E-state index contributed by atoms with van der Waals surface area (Å²) in [7, 11) is 2.18. The van der Waals surface area contributed by atoms with E-state index in [0.717, 1.165) is 63.9 Å². The smallest absolute Gasteiger partial charge is 0.133 e. The first-order valence-electron chi connectivity index (χ1n) is 9.56.